The second kappa shape index (κ2) is 3.58. The van der Waals surface area contributed by atoms with Gasteiger partial charge in [-0.2, -0.15) is 0 Å². The topological polar surface area (TPSA) is 22.1 Å². The number of halogens is 1. The first-order valence-electron chi connectivity index (χ1n) is 4.32. The van der Waals surface area contributed by atoms with Gasteiger partial charge < -0.3 is 4.74 Å². The third kappa shape index (κ3) is 1.48. The molecular formula is C11H10BrNO. The van der Waals surface area contributed by atoms with Crippen molar-refractivity contribution in [3.63, 3.8) is 0 Å². The Labute approximate surface area is 91.0 Å². The van der Waals surface area contributed by atoms with Gasteiger partial charge in [0.05, 0.1) is 12.6 Å². The second-order valence-electron chi connectivity index (χ2n) is 3.12. The van der Waals surface area contributed by atoms with E-state index in [0.717, 1.165) is 15.4 Å². The Morgan fingerprint density at radius 2 is 2.14 bits per heavy atom. The first-order valence-corrected chi connectivity index (χ1v) is 5.11. The van der Waals surface area contributed by atoms with Gasteiger partial charge in [-0.3, -0.25) is 0 Å². The van der Waals surface area contributed by atoms with Crippen LogP contribution in [0.15, 0.2) is 28.7 Å². The third-order valence-electron chi connectivity index (χ3n) is 2.18. The van der Waals surface area contributed by atoms with Crippen LogP contribution in [0, 0.1) is 6.92 Å². The predicted octanol–water partition coefficient (Wildman–Crippen LogP) is 3.31. The Morgan fingerprint density at radius 1 is 1.36 bits per heavy atom. The Bertz CT molecular complexity index is 482. The van der Waals surface area contributed by atoms with Gasteiger partial charge >= 0.3 is 0 Å². The van der Waals surface area contributed by atoms with Gasteiger partial charge in [0.25, 0.3) is 0 Å². The first-order chi connectivity index (χ1) is 6.72. The molecule has 0 aliphatic heterocycles. The lowest BCUT2D eigenvalue weighted by Crippen LogP contribution is -1.90. The van der Waals surface area contributed by atoms with Gasteiger partial charge in [0.1, 0.15) is 0 Å². The van der Waals surface area contributed by atoms with Crippen LogP contribution < -0.4 is 4.74 Å². The molecule has 0 saturated heterocycles. The highest BCUT2D eigenvalue weighted by Crippen LogP contribution is 2.26. The average molecular weight is 252 g/mol. The number of pyridine rings is 1. The Morgan fingerprint density at radius 3 is 2.86 bits per heavy atom. The molecule has 0 unspecified atom stereocenters. The Balaban J connectivity index is 2.83. The number of hydrogen-bond donors (Lipinski definition) is 0. The van der Waals surface area contributed by atoms with E-state index in [-0.39, 0.29) is 0 Å². The van der Waals surface area contributed by atoms with Crippen LogP contribution in [-0.2, 0) is 0 Å². The van der Waals surface area contributed by atoms with Gasteiger partial charge in [0.2, 0.25) is 5.88 Å². The zero-order valence-corrected chi connectivity index (χ0v) is 9.63. The fourth-order valence-electron chi connectivity index (χ4n) is 1.46. The standard InChI is InChI=1S/C11H10BrNO/c1-7-6-10(14-2)13-11-8(7)4-3-5-9(11)12/h3-6H,1-2H3. The first kappa shape index (κ1) is 9.46. The largest absolute Gasteiger partial charge is 0.481 e. The molecule has 1 heterocycles. The minimum absolute atomic E-state index is 0.655. The van der Waals surface area contributed by atoms with E-state index in [4.69, 9.17) is 4.74 Å². The second-order valence-corrected chi connectivity index (χ2v) is 3.97. The molecule has 1 aromatic carbocycles. The van der Waals surface area contributed by atoms with E-state index in [9.17, 15) is 0 Å². The van der Waals surface area contributed by atoms with Crippen LogP contribution in [-0.4, -0.2) is 12.1 Å². The van der Waals surface area contributed by atoms with Gasteiger partial charge in [-0.1, -0.05) is 12.1 Å². The molecule has 0 N–H and O–H groups in total. The van der Waals surface area contributed by atoms with Crippen molar-refractivity contribution in [3.05, 3.63) is 34.3 Å². The van der Waals surface area contributed by atoms with Crippen molar-refractivity contribution in [3.8, 4) is 5.88 Å². The summed E-state index contributed by atoms with van der Waals surface area (Å²) in [6.45, 7) is 2.05. The normalized spacial score (nSPS) is 10.5. The summed E-state index contributed by atoms with van der Waals surface area (Å²) in [5.41, 5.74) is 2.12. The molecule has 0 spiro atoms. The van der Waals surface area contributed by atoms with E-state index in [1.54, 1.807) is 7.11 Å². The lowest BCUT2D eigenvalue weighted by atomic mass is 10.1. The average Bonchev–Trinajstić information content (AvgIpc) is 2.19. The zero-order chi connectivity index (χ0) is 10.1. The number of aromatic nitrogens is 1. The maximum Gasteiger partial charge on any atom is 0.213 e. The highest BCUT2D eigenvalue weighted by Gasteiger charge is 2.04. The third-order valence-corrected chi connectivity index (χ3v) is 2.82. The minimum atomic E-state index is 0.655. The number of para-hydroxylation sites is 1. The molecule has 2 aromatic rings. The van der Waals surface area contributed by atoms with Crippen molar-refractivity contribution in [2.75, 3.05) is 7.11 Å². The quantitative estimate of drug-likeness (QED) is 0.776. The molecule has 0 saturated carbocycles. The van der Waals surface area contributed by atoms with Crippen LogP contribution in [0.2, 0.25) is 0 Å². The summed E-state index contributed by atoms with van der Waals surface area (Å²) in [4.78, 5) is 4.38. The van der Waals surface area contributed by atoms with Crippen LogP contribution in [0.25, 0.3) is 10.9 Å². The predicted molar refractivity (Wildman–Crippen MR) is 60.7 cm³/mol. The summed E-state index contributed by atoms with van der Waals surface area (Å²) >= 11 is 3.48. The lowest BCUT2D eigenvalue weighted by molar-refractivity contribution is 0.399. The molecule has 0 amide bonds. The molecular weight excluding hydrogens is 242 g/mol. The van der Waals surface area contributed by atoms with Crippen LogP contribution in [0.3, 0.4) is 0 Å². The smallest absolute Gasteiger partial charge is 0.213 e. The van der Waals surface area contributed by atoms with Crippen LogP contribution in [0.1, 0.15) is 5.56 Å². The molecule has 3 heteroatoms. The van der Waals surface area contributed by atoms with Crippen molar-refractivity contribution < 1.29 is 4.74 Å². The minimum Gasteiger partial charge on any atom is -0.481 e. The van der Waals surface area contributed by atoms with Gasteiger partial charge in [-0.15, -0.1) is 0 Å². The van der Waals surface area contributed by atoms with Crippen LogP contribution >= 0.6 is 15.9 Å². The van der Waals surface area contributed by atoms with Crippen molar-refractivity contribution >= 4 is 26.8 Å². The van der Waals surface area contributed by atoms with E-state index in [1.807, 2.05) is 18.2 Å². The van der Waals surface area contributed by atoms with Crippen LogP contribution in [0.4, 0.5) is 0 Å². The molecule has 0 aliphatic rings. The number of nitrogens with zero attached hydrogens (tertiary/aromatic N) is 1. The Kier molecular flexibility index (Phi) is 2.42. The number of ether oxygens (including phenoxy) is 1. The van der Waals surface area contributed by atoms with E-state index in [1.165, 1.54) is 5.56 Å². The number of benzene rings is 1. The number of rotatable bonds is 1. The van der Waals surface area contributed by atoms with Crippen molar-refractivity contribution in [2.45, 2.75) is 6.92 Å². The van der Waals surface area contributed by atoms with E-state index >= 15 is 0 Å². The number of fused-ring (bicyclic) bond motifs is 1. The molecule has 1 aromatic heterocycles. The fraction of sp³-hybridized carbons (Fsp3) is 0.182. The maximum absolute atomic E-state index is 5.13. The summed E-state index contributed by atoms with van der Waals surface area (Å²) in [5, 5.41) is 1.15. The van der Waals surface area contributed by atoms with E-state index < -0.39 is 0 Å². The van der Waals surface area contributed by atoms with Gasteiger partial charge in [-0.05, 0) is 34.5 Å². The van der Waals surface area contributed by atoms with Gasteiger partial charge in [0.15, 0.2) is 0 Å². The summed E-state index contributed by atoms with van der Waals surface area (Å²) in [6.07, 6.45) is 0. The van der Waals surface area contributed by atoms with Gasteiger partial charge in [0, 0.05) is 15.9 Å². The number of hydrogen-bond acceptors (Lipinski definition) is 2. The summed E-state index contributed by atoms with van der Waals surface area (Å²) < 4.78 is 6.12. The summed E-state index contributed by atoms with van der Waals surface area (Å²) in [6, 6.07) is 7.98. The number of aryl methyl sites for hydroxylation is 1. The highest BCUT2D eigenvalue weighted by molar-refractivity contribution is 9.10. The summed E-state index contributed by atoms with van der Waals surface area (Å²) in [5.74, 6) is 0.655. The molecule has 0 aliphatic carbocycles. The molecule has 72 valence electrons. The molecule has 2 rings (SSSR count). The SMILES string of the molecule is COc1cc(C)c2cccc(Br)c2n1. The molecule has 0 radical (unpaired) electrons. The zero-order valence-electron chi connectivity index (χ0n) is 8.04. The number of methoxy groups -OCH3 is 1. The molecule has 0 fully saturated rings. The maximum atomic E-state index is 5.13. The molecule has 2 nitrogen and oxygen atoms in total. The van der Waals surface area contributed by atoms with Crippen molar-refractivity contribution in [1.82, 2.24) is 4.98 Å². The molecule has 0 atom stereocenters. The van der Waals surface area contributed by atoms with E-state index in [0.29, 0.717) is 5.88 Å². The fourth-order valence-corrected chi connectivity index (χ4v) is 1.91. The lowest BCUT2D eigenvalue weighted by Gasteiger charge is -2.06. The van der Waals surface area contributed by atoms with Crippen LogP contribution in [0.5, 0.6) is 5.88 Å². The Hall–Kier alpha value is -1.09. The van der Waals surface area contributed by atoms with E-state index in [2.05, 4.69) is 33.9 Å². The highest BCUT2D eigenvalue weighted by atomic mass is 79.9. The van der Waals surface area contributed by atoms with Crippen molar-refractivity contribution in [1.29, 1.82) is 0 Å². The molecule has 14 heavy (non-hydrogen) atoms. The monoisotopic (exact) mass is 251 g/mol. The molecule has 0 bridgehead atoms. The van der Waals surface area contributed by atoms with Crippen molar-refractivity contribution in [2.24, 2.45) is 0 Å². The summed E-state index contributed by atoms with van der Waals surface area (Å²) in [7, 11) is 1.63. The van der Waals surface area contributed by atoms with Gasteiger partial charge in [-0.25, -0.2) is 4.98 Å².